The summed E-state index contributed by atoms with van der Waals surface area (Å²) >= 11 is 1.75. The van der Waals surface area contributed by atoms with Gasteiger partial charge in [-0.25, -0.2) is 4.98 Å². The average Bonchev–Trinajstić information content (AvgIpc) is 2.70. The first-order chi connectivity index (χ1) is 7.97. The number of anilines is 1. The topological polar surface area (TPSA) is 42.7 Å². The number of thiazole rings is 1. The minimum Gasteiger partial charge on any atom is -0.374 e. The molecular formula is C12H18N4S. The van der Waals surface area contributed by atoms with Crippen LogP contribution in [0.4, 0.5) is 5.69 Å². The van der Waals surface area contributed by atoms with Gasteiger partial charge in [-0.15, -0.1) is 11.3 Å². The van der Waals surface area contributed by atoms with E-state index in [1.807, 2.05) is 31.8 Å². The largest absolute Gasteiger partial charge is 0.374 e. The van der Waals surface area contributed by atoms with Gasteiger partial charge in [-0.05, 0) is 27.7 Å². The van der Waals surface area contributed by atoms with Gasteiger partial charge in [0.1, 0.15) is 0 Å². The molecule has 0 aromatic carbocycles. The fourth-order valence-electron chi connectivity index (χ4n) is 1.99. The number of aryl methyl sites for hydroxylation is 4. The van der Waals surface area contributed by atoms with E-state index >= 15 is 0 Å². The van der Waals surface area contributed by atoms with Crippen molar-refractivity contribution in [1.29, 1.82) is 0 Å². The van der Waals surface area contributed by atoms with Gasteiger partial charge < -0.3 is 5.32 Å². The lowest BCUT2D eigenvalue weighted by Gasteiger charge is -2.13. The highest BCUT2D eigenvalue weighted by atomic mass is 32.1. The molecule has 92 valence electrons. The zero-order valence-corrected chi connectivity index (χ0v) is 11.7. The van der Waals surface area contributed by atoms with Crippen molar-refractivity contribution >= 4 is 17.0 Å². The van der Waals surface area contributed by atoms with Crippen LogP contribution in [0.5, 0.6) is 0 Å². The van der Waals surface area contributed by atoms with Gasteiger partial charge in [0.15, 0.2) is 0 Å². The van der Waals surface area contributed by atoms with E-state index in [1.165, 1.54) is 4.88 Å². The van der Waals surface area contributed by atoms with Crippen molar-refractivity contribution in [3.8, 4) is 0 Å². The van der Waals surface area contributed by atoms with Crippen molar-refractivity contribution in [1.82, 2.24) is 14.8 Å². The zero-order chi connectivity index (χ0) is 12.6. The molecule has 0 spiro atoms. The SMILES string of the molecule is Cc1nc(C(C)Nc2cn(C)nc2C)c(C)s1. The Morgan fingerprint density at radius 2 is 2.06 bits per heavy atom. The van der Waals surface area contributed by atoms with Gasteiger partial charge >= 0.3 is 0 Å². The van der Waals surface area contributed by atoms with Crippen LogP contribution in [0.25, 0.3) is 0 Å². The van der Waals surface area contributed by atoms with Crippen LogP contribution in [0, 0.1) is 20.8 Å². The molecule has 2 heterocycles. The molecule has 0 saturated heterocycles. The van der Waals surface area contributed by atoms with Crippen LogP contribution in [-0.2, 0) is 7.05 Å². The number of aromatic nitrogens is 3. The molecule has 0 fully saturated rings. The van der Waals surface area contributed by atoms with Gasteiger partial charge in [0.05, 0.1) is 28.1 Å². The minimum absolute atomic E-state index is 0.211. The van der Waals surface area contributed by atoms with E-state index in [1.54, 1.807) is 11.3 Å². The first kappa shape index (κ1) is 12.1. The Balaban J connectivity index is 2.19. The third-order valence-electron chi connectivity index (χ3n) is 2.74. The van der Waals surface area contributed by atoms with Gasteiger partial charge in [0, 0.05) is 18.1 Å². The summed E-state index contributed by atoms with van der Waals surface area (Å²) in [6.45, 7) is 8.31. The number of nitrogens with zero attached hydrogens (tertiary/aromatic N) is 3. The standard InChI is InChI=1S/C12H18N4S/c1-7-11(6-16(5)15-7)13-8(2)12-9(3)17-10(4)14-12/h6,8,13H,1-5H3. The smallest absolute Gasteiger partial charge is 0.0901 e. The molecule has 0 bridgehead atoms. The van der Waals surface area contributed by atoms with E-state index < -0.39 is 0 Å². The van der Waals surface area contributed by atoms with Crippen LogP contribution in [0.3, 0.4) is 0 Å². The molecule has 0 aliphatic rings. The van der Waals surface area contributed by atoms with E-state index in [2.05, 4.69) is 29.2 Å². The van der Waals surface area contributed by atoms with Crippen LogP contribution in [0.1, 0.15) is 34.2 Å². The molecule has 1 atom stereocenters. The predicted molar refractivity (Wildman–Crippen MR) is 71.6 cm³/mol. The van der Waals surface area contributed by atoms with E-state index in [-0.39, 0.29) is 6.04 Å². The Labute approximate surface area is 106 Å². The molecule has 1 unspecified atom stereocenters. The van der Waals surface area contributed by atoms with E-state index in [0.29, 0.717) is 0 Å². The number of rotatable bonds is 3. The molecule has 4 nitrogen and oxygen atoms in total. The molecule has 2 aromatic rings. The molecule has 1 N–H and O–H groups in total. The van der Waals surface area contributed by atoms with Gasteiger partial charge in [0.25, 0.3) is 0 Å². The van der Waals surface area contributed by atoms with Gasteiger partial charge in [-0.2, -0.15) is 5.10 Å². The molecule has 0 amide bonds. The molecule has 0 radical (unpaired) electrons. The highest BCUT2D eigenvalue weighted by molar-refractivity contribution is 7.11. The number of nitrogens with one attached hydrogen (secondary N) is 1. The summed E-state index contributed by atoms with van der Waals surface area (Å²) in [5.74, 6) is 0. The van der Waals surface area contributed by atoms with Crippen molar-refractivity contribution in [3.05, 3.63) is 27.5 Å². The lowest BCUT2D eigenvalue weighted by Crippen LogP contribution is -2.08. The Kier molecular flexibility index (Phi) is 3.19. The van der Waals surface area contributed by atoms with Crippen molar-refractivity contribution in [2.24, 2.45) is 7.05 Å². The first-order valence-electron chi connectivity index (χ1n) is 5.68. The van der Waals surface area contributed by atoms with Crippen molar-refractivity contribution in [2.45, 2.75) is 33.7 Å². The van der Waals surface area contributed by atoms with E-state index in [4.69, 9.17) is 0 Å². The fraction of sp³-hybridized carbons (Fsp3) is 0.500. The zero-order valence-electron chi connectivity index (χ0n) is 10.9. The Morgan fingerprint density at radius 3 is 2.53 bits per heavy atom. The first-order valence-corrected chi connectivity index (χ1v) is 6.49. The second kappa shape index (κ2) is 4.49. The van der Waals surface area contributed by atoms with Gasteiger partial charge in [-0.1, -0.05) is 0 Å². The monoisotopic (exact) mass is 250 g/mol. The molecule has 2 rings (SSSR count). The second-order valence-corrected chi connectivity index (χ2v) is 5.75. The lowest BCUT2D eigenvalue weighted by atomic mass is 10.2. The summed E-state index contributed by atoms with van der Waals surface area (Å²) in [4.78, 5) is 5.85. The summed E-state index contributed by atoms with van der Waals surface area (Å²) < 4.78 is 1.82. The summed E-state index contributed by atoms with van der Waals surface area (Å²) in [6.07, 6.45) is 2.00. The highest BCUT2D eigenvalue weighted by Gasteiger charge is 2.14. The Bertz CT molecular complexity index is 527. The Hall–Kier alpha value is -1.36. The molecule has 17 heavy (non-hydrogen) atoms. The molecule has 0 aliphatic heterocycles. The quantitative estimate of drug-likeness (QED) is 0.910. The molecule has 0 saturated carbocycles. The minimum atomic E-state index is 0.211. The van der Waals surface area contributed by atoms with Crippen molar-refractivity contribution < 1.29 is 0 Å². The maximum absolute atomic E-state index is 4.57. The third-order valence-corrected chi connectivity index (χ3v) is 3.64. The number of hydrogen-bond acceptors (Lipinski definition) is 4. The predicted octanol–water partition coefficient (Wildman–Crippen LogP) is 2.97. The van der Waals surface area contributed by atoms with Crippen molar-refractivity contribution in [3.63, 3.8) is 0 Å². The summed E-state index contributed by atoms with van der Waals surface area (Å²) in [5, 5.41) is 8.90. The Morgan fingerprint density at radius 1 is 1.35 bits per heavy atom. The van der Waals surface area contributed by atoms with Crippen LogP contribution < -0.4 is 5.32 Å². The maximum atomic E-state index is 4.57. The molecule has 0 aliphatic carbocycles. The van der Waals surface area contributed by atoms with Gasteiger partial charge in [-0.3, -0.25) is 4.68 Å². The molecule has 2 aromatic heterocycles. The van der Waals surface area contributed by atoms with Crippen LogP contribution in [-0.4, -0.2) is 14.8 Å². The van der Waals surface area contributed by atoms with E-state index in [0.717, 1.165) is 22.1 Å². The van der Waals surface area contributed by atoms with Crippen LogP contribution in [0.15, 0.2) is 6.20 Å². The summed E-state index contributed by atoms with van der Waals surface area (Å²) in [5.41, 5.74) is 3.23. The number of hydrogen-bond donors (Lipinski definition) is 1. The second-order valence-electron chi connectivity index (χ2n) is 4.34. The van der Waals surface area contributed by atoms with Crippen molar-refractivity contribution in [2.75, 3.05) is 5.32 Å². The lowest BCUT2D eigenvalue weighted by molar-refractivity contribution is 0.756. The molecular weight excluding hydrogens is 232 g/mol. The van der Waals surface area contributed by atoms with Crippen LogP contribution >= 0.6 is 11.3 Å². The maximum Gasteiger partial charge on any atom is 0.0901 e. The molecule has 5 heteroatoms. The third kappa shape index (κ3) is 2.49. The summed E-state index contributed by atoms with van der Waals surface area (Å²) in [6, 6.07) is 0.211. The summed E-state index contributed by atoms with van der Waals surface area (Å²) in [7, 11) is 1.93. The van der Waals surface area contributed by atoms with Crippen LogP contribution in [0.2, 0.25) is 0 Å². The normalized spacial score (nSPS) is 12.8. The van der Waals surface area contributed by atoms with Gasteiger partial charge in [0.2, 0.25) is 0 Å². The highest BCUT2D eigenvalue weighted by Crippen LogP contribution is 2.26. The van der Waals surface area contributed by atoms with E-state index in [9.17, 15) is 0 Å². The fourth-order valence-corrected chi connectivity index (χ4v) is 2.90. The average molecular weight is 250 g/mol.